The van der Waals surface area contributed by atoms with Crippen LogP contribution in [0.2, 0.25) is 0 Å². The molecule has 36 heavy (non-hydrogen) atoms. The highest BCUT2D eigenvalue weighted by molar-refractivity contribution is 7.09. The van der Waals surface area contributed by atoms with Crippen molar-refractivity contribution in [1.82, 2.24) is 30.1 Å². The van der Waals surface area contributed by atoms with E-state index in [0.717, 1.165) is 33.4 Å². The standard InChI is InChI=1S/C28H30N6OS/c1-19(2)26(27-30-31-32-34(27)16-21-8-5-4-6-9-21)33(18-24-10-7-13-36-24)17-23-15-22-12-11-20(3)14-25(22)29-28(23)35/h4-15,19,26H,16-18H2,1-3H3,(H,29,35)/t26-/m0/s1. The Hall–Kier alpha value is -3.62. The molecular weight excluding hydrogens is 468 g/mol. The molecule has 0 amide bonds. The number of nitrogens with zero attached hydrogens (tertiary/aromatic N) is 5. The normalized spacial score (nSPS) is 12.6. The molecule has 0 aliphatic heterocycles. The molecule has 0 saturated heterocycles. The summed E-state index contributed by atoms with van der Waals surface area (Å²) in [6.07, 6.45) is 0. The van der Waals surface area contributed by atoms with E-state index in [0.29, 0.717) is 19.6 Å². The van der Waals surface area contributed by atoms with Gasteiger partial charge in [0.1, 0.15) is 0 Å². The van der Waals surface area contributed by atoms with Crippen molar-refractivity contribution < 1.29 is 0 Å². The Kier molecular flexibility index (Phi) is 7.06. The van der Waals surface area contributed by atoms with Gasteiger partial charge in [0.05, 0.1) is 12.6 Å². The fourth-order valence-electron chi connectivity index (χ4n) is 4.73. The lowest BCUT2D eigenvalue weighted by Gasteiger charge is -2.33. The third-order valence-electron chi connectivity index (χ3n) is 6.42. The number of aryl methyl sites for hydroxylation is 1. The Bertz CT molecular complexity index is 1490. The van der Waals surface area contributed by atoms with Crippen LogP contribution in [0.1, 0.15) is 47.3 Å². The number of benzene rings is 2. The average molecular weight is 499 g/mol. The van der Waals surface area contributed by atoms with Gasteiger partial charge in [-0.1, -0.05) is 62.4 Å². The number of hydrogen-bond donors (Lipinski definition) is 1. The molecule has 2 aromatic carbocycles. The van der Waals surface area contributed by atoms with E-state index in [4.69, 9.17) is 0 Å². The number of thiophene rings is 1. The first-order chi connectivity index (χ1) is 17.5. The summed E-state index contributed by atoms with van der Waals surface area (Å²) in [6, 6.07) is 22.5. The van der Waals surface area contributed by atoms with Gasteiger partial charge in [-0.15, -0.1) is 16.4 Å². The van der Waals surface area contributed by atoms with E-state index >= 15 is 0 Å². The first kappa shape index (κ1) is 24.1. The van der Waals surface area contributed by atoms with Crippen LogP contribution in [0.3, 0.4) is 0 Å². The van der Waals surface area contributed by atoms with E-state index in [9.17, 15) is 4.79 Å². The van der Waals surface area contributed by atoms with Crippen molar-refractivity contribution >= 4 is 22.2 Å². The molecule has 8 heteroatoms. The Balaban J connectivity index is 1.53. The highest BCUT2D eigenvalue weighted by Gasteiger charge is 2.30. The molecule has 3 aromatic heterocycles. The van der Waals surface area contributed by atoms with Crippen LogP contribution < -0.4 is 5.56 Å². The molecule has 0 aliphatic carbocycles. The molecule has 0 spiro atoms. The molecule has 0 bridgehead atoms. The first-order valence-corrected chi connectivity index (χ1v) is 13.0. The molecular formula is C28H30N6OS. The molecule has 0 fully saturated rings. The van der Waals surface area contributed by atoms with E-state index < -0.39 is 0 Å². The predicted octanol–water partition coefficient (Wildman–Crippen LogP) is 5.33. The van der Waals surface area contributed by atoms with Crippen LogP contribution in [0.4, 0.5) is 0 Å². The van der Waals surface area contributed by atoms with Crippen molar-refractivity contribution in [2.75, 3.05) is 0 Å². The quantitative estimate of drug-likeness (QED) is 0.297. The van der Waals surface area contributed by atoms with E-state index in [2.05, 4.69) is 81.0 Å². The van der Waals surface area contributed by atoms with Gasteiger partial charge in [0.15, 0.2) is 5.82 Å². The maximum atomic E-state index is 13.1. The number of pyridine rings is 1. The van der Waals surface area contributed by atoms with E-state index in [-0.39, 0.29) is 17.5 Å². The molecule has 184 valence electrons. The van der Waals surface area contributed by atoms with Crippen molar-refractivity contribution in [2.24, 2.45) is 5.92 Å². The lowest BCUT2D eigenvalue weighted by atomic mass is 10.00. The van der Waals surface area contributed by atoms with Gasteiger partial charge in [-0.2, -0.15) is 0 Å². The fourth-order valence-corrected chi connectivity index (χ4v) is 5.46. The number of H-pyrrole nitrogens is 1. The maximum absolute atomic E-state index is 13.1. The Labute approximate surface area is 214 Å². The molecule has 1 N–H and O–H groups in total. The first-order valence-electron chi connectivity index (χ1n) is 12.2. The van der Waals surface area contributed by atoms with Crippen molar-refractivity contribution in [3.63, 3.8) is 0 Å². The summed E-state index contributed by atoms with van der Waals surface area (Å²) < 4.78 is 1.88. The summed E-state index contributed by atoms with van der Waals surface area (Å²) >= 11 is 1.72. The second-order valence-electron chi connectivity index (χ2n) is 9.57. The van der Waals surface area contributed by atoms with Crippen LogP contribution in [-0.2, 0) is 19.6 Å². The minimum absolute atomic E-state index is 0.0596. The number of nitrogens with one attached hydrogen (secondary N) is 1. The zero-order valence-electron chi connectivity index (χ0n) is 20.8. The maximum Gasteiger partial charge on any atom is 0.252 e. The molecule has 0 unspecified atom stereocenters. The average Bonchev–Trinajstić information content (AvgIpc) is 3.53. The highest BCUT2D eigenvalue weighted by Crippen LogP contribution is 2.31. The third kappa shape index (κ3) is 5.29. The van der Waals surface area contributed by atoms with Gasteiger partial charge in [-0.25, -0.2) is 4.68 Å². The summed E-state index contributed by atoms with van der Waals surface area (Å²) in [5, 5.41) is 16.0. The number of rotatable bonds is 9. The van der Waals surface area contributed by atoms with Crippen LogP contribution in [0.25, 0.3) is 10.9 Å². The largest absolute Gasteiger partial charge is 0.322 e. The topological polar surface area (TPSA) is 79.7 Å². The van der Waals surface area contributed by atoms with Gasteiger partial charge >= 0.3 is 0 Å². The van der Waals surface area contributed by atoms with Gasteiger partial charge < -0.3 is 4.98 Å². The number of fused-ring (bicyclic) bond motifs is 1. The molecule has 0 saturated carbocycles. The lowest BCUT2D eigenvalue weighted by Crippen LogP contribution is -2.35. The number of tetrazole rings is 1. The molecule has 3 heterocycles. The van der Waals surface area contributed by atoms with Crippen molar-refractivity contribution in [3.05, 3.63) is 110 Å². The second-order valence-corrected chi connectivity index (χ2v) is 10.6. The Morgan fingerprint density at radius 2 is 1.86 bits per heavy atom. The van der Waals surface area contributed by atoms with Crippen LogP contribution in [0, 0.1) is 12.8 Å². The molecule has 7 nitrogen and oxygen atoms in total. The zero-order chi connectivity index (χ0) is 25.1. The van der Waals surface area contributed by atoms with E-state index in [1.807, 2.05) is 41.9 Å². The zero-order valence-corrected chi connectivity index (χ0v) is 21.6. The molecule has 0 radical (unpaired) electrons. The van der Waals surface area contributed by atoms with Crippen LogP contribution in [-0.4, -0.2) is 30.1 Å². The monoisotopic (exact) mass is 498 g/mol. The van der Waals surface area contributed by atoms with Crippen LogP contribution >= 0.6 is 11.3 Å². The Morgan fingerprint density at radius 1 is 1.03 bits per heavy atom. The van der Waals surface area contributed by atoms with E-state index in [1.54, 1.807) is 11.3 Å². The summed E-state index contributed by atoms with van der Waals surface area (Å²) in [5.74, 6) is 1.02. The third-order valence-corrected chi connectivity index (χ3v) is 7.28. The van der Waals surface area contributed by atoms with Crippen molar-refractivity contribution in [3.8, 4) is 0 Å². The smallest absolute Gasteiger partial charge is 0.252 e. The summed E-state index contributed by atoms with van der Waals surface area (Å²) in [7, 11) is 0. The summed E-state index contributed by atoms with van der Waals surface area (Å²) in [6.45, 7) is 8.17. The number of hydrogen-bond acceptors (Lipinski definition) is 6. The fraction of sp³-hybridized carbons (Fsp3) is 0.286. The highest BCUT2D eigenvalue weighted by atomic mass is 32.1. The number of aromatic nitrogens is 5. The minimum Gasteiger partial charge on any atom is -0.322 e. The second kappa shape index (κ2) is 10.6. The summed E-state index contributed by atoms with van der Waals surface area (Å²) in [4.78, 5) is 19.8. The van der Waals surface area contributed by atoms with Gasteiger partial charge in [0, 0.05) is 29.0 Å². The van der Waals surface area contributed by atoms with Crippen molar-refractivity contribution in [1.29, 1.82) is 0 Å². The Morgan fingerprint density at radius 3 is 2.61 bits per heavy atom. The van der Waals surface area contributed by atoms with E-state index in [1.165, 1.54) is 4.88 Å². The lowest BCUT2D eigenvalue weighted by molar-refractivity contribution is 0.127. The number of aromatic amines is 1. The van der Waals surface area contributed by atoms with Gasteiger partial charge in [0.2, 0.25) is 0 Å². The molecule has 1 atom stereocenters. The molecule has 5 aromatic rings. The van der Waals surface area contributed by atoms with Gasteiger partial charge in [-0.05, 0) is 63.4 Å². The molecule has 5 rings (SSSR count). The SMILES string of the molecule is Cc1ccc2cc(CN(Cc3cccs3)[C@H](c3nnnn3Cc3ccccc3)C(C)C)c(=O)[nH]c2c1. The van der Waals surface area contributed by atoms with Gasteiger partial charge in [-0.3, -0.25) is 9.69 Å². The van der Waals surface area contributed by atoms with Gasteiger partial charge in [0.25, 0.3) is 5.56 Å². The van der Waals surface area contributed by atoms with Crippen molar-refractivity contribution in [2.45, 2.75) is 46.4 Å². The van der Waals surface area contributed by atoms with Crippen LogP contribution in [0.5, 0.6) is 0 Å². The minimum atomic E-state index is -0.0843. The molecule has 0 aliphatic rings. The predicted molar refractivity (Wildman–Crippen MR) is 144 cm³/mol. The van der Waals surface area contributed by atoms with Crippen LogP contribution in [0.15, 0.2) is 76.9 Å². The summed E-state index contributed by atoms with van der Waals surface area (Å²) in [5.41, 5.74) is 3.79.